The smallest absolute Gasteiger partial charge is 0.0604 e. The zero-order chi connectivity index (χ0) is 25.5. The molecule has 0 aromatic rings. The van der Waals surface area contributed by atoms with Crippen molar-refractivity contribution in [2.45, 2.75) is 111 Å². The second kappa shape index (κ2) is 7.75. The van der Waals surface area contributed by atoms with Gasteiger partial charge in [0.1, 0.15) is 0 Å². The van der Waals surface area contributed by atoms with Gasteiger partial charge in [-0.15, -0.1) is 0 Å². The Kier molecular flexibility index (Phi) is 4.06. The maximum absolute atomic E-state index is 10.7. The Morgan fingerprint density at radius 2 is 1.96 bits per heavy atom. The van der Waals surface area contributed by atoms with Crippen LogP contribution in [0.2, 0.25) is 0 Å². The van der Waals surface area contributed by atoms with Crippen LogP contribution in [-0.4, -0.2) is 11.2 Å². The Hall–Kier alpha value is -0.300. The van der Waals surface area contributed by atoms with Gasteiger partial charge in [-0.05, 0) is 97.6 Å². The van der Waals surface area contributed by atoms with E-state index >= 15 is 0 Å². The second-order valence-corrected chi connectivity index (χ2v) is 11.4. The molecule has 0 bridgehead atoms. The minimum atomic E-state index is -2.89. The summed E-state index contributed by atoms with van der Waals surface area (Å²) in [4.78, 5) is 0. The van der Waals surface area contributed by atoms with Crippen LogP contribution in [-0.2, 0) is 0 Å². The highest BCUT2D eigenvalue weighted by molar-refractivity contribution is 5.25. The third kappa shape index (κ3) is 3.42. The summed E-state index contributed by atoms with van der Waals surface area (Å²) in [6.45, 7) is 11.4. The van der Waals surface area contributed by atoms with Crippen LogP contribution in [0.25, 0.3) is 0 Å². The van der Waals surface area contributed by atoms with Gasteiger partial charge >= 0.3 is 0 Å². The summed E-state index contributed by atoms with van der Waals surface area (Å²) < 4.78 is 51.4. The van der Waals surface area contributed by atoms with Gasteiger partial charge in [0.2, 0.25) is 0 Å². The van der Waals surface area contributed by atoms with E-state index in [1.165, 1.54) is 25.7 Å². The highest BCUT2D eigenvalue weighted by atomic mass is 16.3. The molecule has 4 unspecified atom stereocenters. The highest BCUT2D eigenvalue weighted by Gasteiger charge is 2.59. The third-order valence-corrected chi connectivity index (χ3v) is 9.41. The molecule has 160 valence electrons. The van der Waals surface area contributed by atoms with Crippen molar-refractivity contribution >= 4 is 0 Å². The largest absolute Gasteiger partial charge is 0.393 e. The fourth-order valence-corrected chi connectivity index (χ4v) is 7.83. The minimum absolute atomic E-state index is 0.0865. The number of allylic oxidation sites excluding steroid dienone is 1. The van der Waals surface area contributed by atoms with Crippen LogP contribution in [0.4, 0.5) is 0 Å². The van der Waals surface area contributed by atoms with Crippen molar-refractivity contribution in [2.75, 3.05) is 0 Å². The summed E-state index contributed by atoms with van der Waals surface area (Å²) in [5, 5.41) is 10.7. The molecule has 0 heterocycles. The highest BCUT2D eigenvalue weighted by Crippen LogP contribution is 2.67. The zero-order valence-electron chi connectivity index (χ0n) is 24.8. The van der Waals surface area contributed by atoms with E-state index in [0.29, 0.717) is 24.2 Å². The van der Waals surface area contributed by atoms with E-state index in [2.05, 4.69) is 27.7 Å². The Morgan fingerprint density at radius 3 is 2.71 bits per heavy atom. The molecule has 3 saturated carbocycles. The minimum Gasteiger partial charge on any atom is -0.393 e. The van der Waals surface area contributed by atoms with Crippen molar-refractivity contribution in [3.05, 3.63) is 11.6 Å². The summed E-state index contributed by atoms with van der Waals surface area (Å²) in [5.41, 5.74) is -0.396. The summed E-state index contributed by atoms with van der Waals surface area (Å²) >= 11 is 0. The molecule has 3 fully saturated rings. The van der Waals surface area contributed by atoms with E-state index in [4.69, 9.17) is 8.22 Å². The molecule has 1 nitrogen and oxygen atoms in total. The average Bonchev–Trinajstić information content (AvgIpc) is 3.03. The van der Waals surface area contributed by atoms with Crippen LogP contribution in [0, 0.1) is 46.3 Å². The number of hydrogen-bond donors (Lipinski definition) is 1. The summed E-state index contributed by atoms with van der Waals surface area (Å²) in [7, 11) is 0. The van der Waals surface area contributed by atoms with Crippen LogP contribution in [0.3, 0.4) is 0 Å². The standard InChI is InChI=1S/C27H46O/c1-18(2)7-6-8-19(3)23-11-12-24-22-10-9-20-17-21(28)13-15-26(20,4)25(22)14-16-27(23,24)5/h9,18-19,21-25,28H,6-8,10-17H2,1-5H3/t19?,21-,22-,23?,24?,25?,26-,27+/m0/s1/i9D,13D2,17D2,21D. The van der Waals surface area contributed by atoms with E-state index in [9.17, 15) is 5.11 Å². The molecular formula is C27H46O. The van der Waals surface area contributed by atoms with Crippen LogP contribution in [0.1, 0.15) is 113 Å². The number of rotatable bonds is 5. The van der Waals surface area contributed by atoms with Crippen molar-refractivity contribution in [2.24, 2.45) is 46.3 Å². The van der Waals surface area contributed by atoms with Gasteiger partial charge in [-0.25, -0.2) is 0 Å². The molecule has 0 radical (unpaired) electrons. The molecule has 1 N–H and O–H groups in total. The quantitative estimate of drug-likeness (QED) is 0.484. The maximum Gasteiger partial charge on any atom is 0.0604 e. The zero-order valence-corrected chi connectivity index (χ0v) is 18.8. The molecule has 0 saturated heterocycles. The molecule has 0 aromatic heterocycles. The predicted octanol–water partition coefficient (Wildman–Crippen LogP) is 7.39. The van der Waals surface area contributed by atoms with Crippen LogP contribution >= 0.6 is 0 Å². The maximum atomic E-state index is 10.7. The van der Waals surface area contributed by atoms with Crippen molar-refractivity contribution in [1.82, 2.24) is 0 Å². The van der Waals surface area contributed by atoms with Gasteiger partial charge in [0.25, 0.3) is 0 Å². The van der Waals surface area contributed by atoms with Gasteiger partial charge in [0, 0.05) is 5.48 Å². The molecule has 4 aliphatic carbocycles. The molecule has 0 aliphatic heterocycles. The Bertz CT molecular complexity index is 835. The van der Waals surface area contributed by atoms with Gasteiger partial charge in [0.15, 0.2) is 0 Å². The van der Waals surface area contributed by atoms with Gasteiger partial charge in [0.05, 0.1) is 8.82 Å². The summed E-state index contributed by atoms with van der Waals surface area (Å²) in [6.07, 6.45) is 0.782. The van der Waals surface area contributed by atoms with Crippen LogP contribution < -0.4 is 0 Å². The van der Waals surface area contributed by atoms with Gasteiger partial charge in [-0.2, -0.15) is 0 Å². The van der Waals surface area contributed by atoms with E-state index in [0.717, 1.165) is 25.2 Å². The first kappa shape index (κ1) is 14.7. The Labute approximate surface area is 183 Å². The molecule has 8 atom stereocenters. The first-order chi connectivity index (χ1) is 15.5. The van der Waals surface area contributed by atoms with Crippen LogP contribution in [0.15, 0.2) is 11.6 Å². The SMILES string of the molecule is [2H]C1=C2C([2H])([2H])[C@@]([2H])(O)C([2H])([2H])C[C@]2(C)C2CC[C@]3(C)C(C(C)CCCC(C)C)CCC3[C@@H]2C1. The van der Waals surface area contributed by atoms with E-state index in [1.54, 1.807) is 0 Å². The predicted molar refractivity (Wildman–Crippen MR) is 119 cm³/mol. The number of aliphatic hydroxyl groups is 1. The van der Waals surface area contributed by atoms with Gasteiger partial charge in [-0.3, -0.25) is 0 Å². The molecular weight excluding hydrogens is 340 g/mol. The topological polar surface area (TPSA) is 20.2 Å². The Morgan fingerprint density at radius 1 is 1.18 bits per heavy atom. The van der Waals surface area contributed by atoms with Crippen molar-refractivity contribution in [3.8, 4) is 0 Å². The average molecular weight is 393 g/mol. The fourth-order valence-electron chi connectivity index (χ4n) is 7.83. The number of hydrogen-bond acceptors (Lipinski definition) is 1. The lowest BCUT2D eigenvalue weighted by Gasteiger charge is -2.58. The molecule has 4 rings (SSSR count). The molecule has 4 aliphatic rings. The van der Waals surface area contributed by atoms with Crippen LogP contribution in [0.5, 0.6) is 0 Å². The van der Waals surface area contributed by atoms with Crippen molar-refractivity contribution < 1.29 is 13.3 Å². The molecule has 1 heteroatoms. The van der Waals surface area contributed by atoms with Gasteiger partial charge < -0.3 is 5.11 Å². The monoisotopic (exact) mass is 392 g/mol. The summed E-state index contributed by atoms with van der Waals surface area (Å²) in [6, 6.07) is 0.215. The molecule has 0 spiro atoms. The normalized spacial score (nSPS) is 56.2. The molecule has 0 aromatic carbocycles. The lowest BCUT2D eigenvalue weighted by Crippen LogP contribution is -2.50. The van der Waals surface area contributed by atoms with E-state index in [1.807, 2.05) is 6.92 Å². The van der Waals surface area contributed by atoms with Crippen molar-refractivity contribution in [3.63, 3.8) is 0 Å². The second-order valence-electron chi connectivity index (χ2n) is 11.4. The molecule has 28 heavy (non-hydrogen) atoms. The number of fused-ring (bicyclic) bond motifs is 5. The lowest BCUT2D eigenvalue weighted by atomic mass is 9.47. The third-order valence-electron chi connectivity index (χ3n) is 9.41. The van der Waals surface area contributed by atoms with Crippen molar-refractivity contribution in [1.29, 1.82) is 0 Å². The van der Waals surface area contributed by atoms with Gasteiger partial charge in [-0.1, -0.05) is 65.5 Å². The fraction of sp³-hybridized carbons (Fsp3) is 0.926. The lowest BCUT2D eigenvalue weighted by molar-refractivity contribution is -0.0573. The molecule has 0 amide bonds. The van der Waals surface area contributed by atoms with E-state index in [-0.39, 0.29) is 35.3 Å². The first-order valence-electron chi connectivity index (χ1n) is 14.9. The Balaban J connectivity index is 1.65. The van der Waals surface area contributed by atoms with E-state index < -0.39 is 24.2 Å². The first-order valence-corrected chi connectivity index (χ1v) is 11.9. The summed E-state index contributed by atoms with van der Waals surface area (Å²) in [5.74, 6) is 2.95.